The average molecular weight is 375 g/mol. The van der Waals surface area contributed by atoms with Gasteiger partial charge in [-0.25, -0.2) is 8.42 Å². The zero-order valence-corrected chi connectivity index (χ0v) is 16.3. The van der Waals surface area contributed by atoms with Crippen LogP contribution in [0, 0.1) is 6.92 Å². The summed E-state index contributed by atoms with van der Waals surface area (Å²) in [5.41, 5.74) is 1.90. The van der Waals surface area contributed by atoms with Crippen LogP contribution >= 0.6 is 0 Å². The van der Waals surface area contributed by atoms with E-state index in [2.05, 4.69) is 5.32 Å². The monoisotopic (exact) mass is 375 g/mol. The Balaban J connectivity index is 2.04. The third-order valence-corrected chi connectivity index (χ3v) is 5.23. The van der Waals surface area contributed by atoms with E-state index in [4.69, 9.17) is 4.74 Å². The molecule has 140 valence electrons. The van der Waals surface area contributed by atoms with Gasteiger partial charge in [-0.15, -0.1) is 0 Å². The van der Waals surface area contributed by atoms with Gasteiger partial charge in [-0.3, -0.25) is 4.79 Å². The first-order valence-electron chi connectivity index (χ1n) is 8.54. The first kappa shape index (κ1) is 20.0. The quantitative estimate of drug-likeness (QED) is 0.805. The van der Waals surface area contributed by atoms with E-state index < -0.39 is 15.9 Å². The van der Waals surface area contributed by atoms with Gasteiger partial charge in [0, 0.05) is 6.26 Å². The lowest BCUT2D eigenvalue weighted by Gasteiger charge is -2.21. The highest BCUT2D eigenvalue weighted by molar-refractivity contribution is 7.90. The Morgan fingerprint density at radius 3 is 2.35 bits per heavy atom. The van der Waals surface area contributed by atoms with Crippen molar-refractivity contribution < 1.29 is 17.9 Å². The van der Waals surface area contributed by atoms with Gasteiger partial charge in [0.15, 0.2) is 15.9 Å². The topological polar surface area (TPSA) is 72.5 Å². The molecule has 0 aliphatic heterocycles. The molecule has 1 amide bonds. The minimum atomic E-state index is -3.23. The normalized spacial score (nSPS) is 13.7. The molecular weight excluding hydrogens is 350 g/mol. The molecule has 1 N–H and O–H groups in total. The summed E-state index contributed by atoms with van der Waals surface area (Å²) in [6.07, 6.45) is 1.12. The van der Waals surface area contributed by atoms with Crippen LogP contribution < -0.4 is 10.1 Å². The number of nitrogens with one attached hydrogen (secondary N) is 1. The Hall–Kier alpha value is -2.34. The van der Waals surface area contributed by atoms with Crippen molar-refractivity contribution in [1.82, 2.24) is 5.32 Å². The number of ether oxygens (including phenoxy) is 1. The summed E-state index contributed by atoms with van der Waals surface area (Å²) in [7, 11) is -3.23. The highest BCUT2D eigenvalue weighted by atomic mass is 32.2. The fourth-order valence-corrected chi connectivity index (χ4v) is 3.20. The molecule has 0 bridgehead atoms. The van der Waals surface area contributed by atoms with Crippen LogP contribution in [0.4, 0.5) is 0 Å². The van der Waals surface area contributed by atoms with Crippen molar-refractivity contribution in [3.8, 4) is 5.75 Å². The Labute approximate surface area is 155 Å². The number of hydrogen-bond acceptors (Lipinski definition) is 4. The van der Waals surface area contributed by atoms with Gasteiger partial charge in [0.05, 0.1) is 10.9 Å². The molecule has 0 aliphatic carbocycles. The van der Waals surface area contributed by atoms with Crippen molar-refractivity contribution in [3.05, 3.63) is 59.7 Å². The second kappa shape index (κ2) is 8.36. The number of benzene rings is 2. The average Bonchev–Trinajstić information content (AvgIpc) is 2.59. The Bertz CT molecular complexity index is 860. The van der Waals surface area contributed by atoms with Gasteiger partial charge in [-0.1, -0.05) is 31.2 Å². The lowest BCUT2D eigenvalue weighted by Crippen LogP contribution is -2.39. The summed E-state index contributed by atoms with van der Waals surface area (Å²) in [6.45, 7) is 5.72. The largest absolute Gasteiger partial charge is 0.481 e. The van der Waals surface area contributed by atoms with E-state index in [9.17, 15) is 13.2 Å². The molecule has 0 fully saturated rings. The van der Waals surface area contributed by atoms with Gasteiger partial charge in [0.1, 0.15) is 5.75 Å². The Morgan fingerprint density at radius 1 is 1.15 bits per heavy atom. The minimum Gasteiger partial charge on any atom is -0.481 e. The van der Waals surface area contributed by atoms with Crippen LogP contribution in [0.15, 0.2) is 53.4 Å². The molecule has 0 saturated carbocycles. The van der Waals surface area contributed by atoms with Crippen molar-refractivity contribution >= 4 is 15.7 Å². The first-order valence-corrected chi connectivity index (χ1v) is 10.4. The number of aryl methyl sites for hydroxylation is 1. The smallest absolute Gasteiger partial charge is 0.261 e. The third kappa shape index (κ3) is 5.33. The summed E-state index contributed by atoms with van der Waals surface area (Å²) in [5, 5.41) is 2.93. The van der Waals surface area contributed by atoms with Crippen molar-refractivity contribution in [2.24, 2.45) is 0 Å². The summed E-state index contributed by atoms with van der Waals surface area (Å²) >= 11 is 0. The van der Waals surface area contributed by atoms with Gasteiger partial charge in [0.25, 0.3) is 5.91 Å². The van der Waals surface area contributed by atoms with Crippen LogP contribution in [-0.2, 0) is 14.6 Å². The molecular formula is C20H25NO4S. The predicted octanol–water partition coefficient (Wildman–Crippen LogP) is 3.43. The van der Waals surface area contributed by atoms with Gasteiger partial charge in [-0.05, 0) is 55.7 Å². The molecule has 2 aromatic carbocycles. The van der Waals surface area contributed by atoms with E-state index in [1.165, 1.54) is 6.26 Å². The molecule has 2 rings (SSSR count). The van der Waals surface area contributed by atoms with Crippen LogP contribution in [0.3, 0.4) is 0 Å². The molecule has 0 spiro atoms. The fourth-order valence-electron chi connectivity index (χ4n) is 2.57. The Kier molecular flexibility index (Phi) is 6.42. The standard InChI is InChI=1S/C20H25NO4S/c1-5-19(25-17-8-6-7-14(2)13-17)20(22)21-15(3)16-9-11-18(12-10-16)26(4,23)24/h6-13,15,19H,5H2,1-4H3,(H,21,22)/t15-,19-/m1/s1. The minimum absolute atomic E-state index is 0.200. The SMILES string of the molecule is CC[C@@H](Oc1cccc(C)c1)C(=O)N[C@H](C)c1ccc(S(C)(=O)=O)cc1. The van der Waals surface area contributed by atoms with Gasteiger partial charge in [0.2, 0.25) is 0 Å². The third-order valence-electron chi connectivity index (χ3n) is 4.10. The van der Waals surface area contributed by atoms with E-state index in [-0.39, 0.29) is 16.8 Å². The molecule has 0 aromatic heterocycles. The molecule has 2 aromatic rings. The van der Waals surface area contributed by atoms with Crippen LogP contribution in [-0.4, -0.2) is 26.7 Å². The molecule has 5 nitrogen and oxygen atoms in total. The first-order chi connectivity index (χ1) is 12.2. The predicted molar refractivity (Wildman–Crippen MR) is 102 cm³/mol. The van der Waals surface area contributed by atoms with E-state index in [0.29, 0.717) is 12.2 Å². The lowest BCUT2D eigenvalue weighted by molar-refractivity contribution is -0.128. The highest BCUT2D eigenvalue weighted by Gasteiger charge is 2.21. The van der Waals surface area contributed by atoms with Crippen LogP contribution in [0.2, 0.25) is 0 Å². The van der Waals surface area contributed by atoms with Crippen molar-refractivity contribution in [1.29, 1.82) is 0 Å². The number of amides is 1. The molecule has 0 saturated heterocycles. The number of hydrogen-bond donors (Lipinski definition) is 1. The second-order valence-corrected chi connectivity index (χ2v) is 8.42. The zero-order chi connectivity index (χ0) is 19.3. The summed E-state index contributed by atoms with van der Waals surface area (Å²) < 4.78 is 28.9. The van der Waals surface area contributed by atoms with Gasteiger partial charge < -0.3 is 10.1 Å². The van der Waals surface area contributed by atoms with Crippen LogP contribution in [0.1, 0.15) is 37.4 Å². The van der Waals surface area contributed by atoms with Crippen molar-refractivity contribution in [2.45, 2.75) is 44.2 Å². The van der Waals surface area contributed by atoms with E-state index >= 15 is 0 Å². The van der Waals surface area contributed by atoms with Crippen molar-refractivity contribution in [2.75, 3.05) is 6.26 Å². The molecule has 0 heterocycles. The maximum Gasteiger partial charge on any atom is 0.261 e. The van der Waals surface area contributed by atoms with E-state index in [0.717, 1.165) is 11.1 Å². The van der Waals surface area contributed by atoms with Gasteiger partial charge >= 0.3 is 0 Å². The fraction of sp³-hybridized carbons (Fsp3) is 0.350. The number of rotatable bonds is 7. The van der Waals surface area contributed by atoms with E-state index in [1.807, 2.05) is 45.0 Å². The zero-order valence-electron chi connectivity index (χ0n) is 15.5. The maximum atomic E-state index is 12.5. The number of carbonyl (C=O) groups is 1. The van der Waals surface area contributed by atoms with Crippen LogP contribution in [0.5, 0.6) is 5.75 Å². The maximum absolute atomic E-state index is 12.5. The van der Waals surface area contributed by atoms with Crippen LogP contribution in [0.25, 0.3) is 0 Å². The molecule has 0 unspecified atom stereocenters. The summed E-state index contributed by atoms with van der Waals surface area (Å²) in [5.74, 6) is 0.464. The second-order valence-electron chi connectivity index (χ2n) is 6.40. The molecule has 0 radical (unpaired) electrons. The lowest BCUT2D eigenvalue weighted by atomic mass is 10.1. The van der Waals surface area contributed by atoms with Crippen molar-refractivity contribution in [3.63, 3.8) is 0 Å². The molecule has 2 atom stereocenters. The van der Waals surface area contributed by atoms with Gasteiger partial charge in [-0.2, -0.15) is 0 Å². The van der Waals surface area contributed by atoms with E-state index in [1.54, 1.807) is 24.3 Å². The highest BCUT2D eigenvalue weighted by Crippen LogP contribution is 2.18. The molecule has 26 heavy (non-hydrogen) atoms. The summed E-state index contributed by atoms with van der Waals surface area (Å²) in [6, 6.07) is 13.8. The number of sulfone groups is 1. The molecule has 0 aliphatic rings. The summed E-state index contributed by atoms with van der Waals surface area (Å²) in [4.78, 5) is 12.8. The number of carbonyl (C=O) groups excluding carboxylic acids is 1. The molecule has 6 heteroatoms. The Morgan fingerprint density at radius 2 is 1.81 bits per heavy atom.